The van der Waals surface area contributed by atoms with Crippen molar-refractivity contribution in [3.05, 3.63) is 69.7 Å². The van der Waals surface area contributed by atoms with Crippen molar-refractivity contribution in [1.29, 1.82) is 0 Å². The van der Waals surface area contributed by atoms with Crippen LogP contribution in [0.5, 0.6) is 0 Å². The van der Waals surface area contributed by atoms with Crippen molar-refractivity contribution in [2.24, 2.45) is 0 Å². The van der Waals surface area contributed by atoms with Gasteiger partial charge in [-0.25, -0.2) is 9.59 Å². The Labute approximate surface area is 152 Å². The summed E-state index contributed by atoms with van der Waals surface area (Å²) in [6.45, 7) is 0. The largest absolute Gasteiger partial charge is 0.480 e. The smallest absolute Gasteiger partial charge is 0.337 e. The molecule has 2 N–H and O–H groups in total. The predicted octanol–water partition coefficient (Wildman–Crippen LogP) is 2.66. The summed E-state index contributed by atoms with van der Waals surface area (Å²) in [6, 6.07) is 12.0. The Morgan fingerprint density at radius 2 is 1.80 bits per heavy atom. The van der Waals surface area contributed by atoms with Crippen molar-refractivity contribution in [2.45, 2.75) is 12.5 Å². The van der Waals surface area contributed by atoms with E-state index in [0.717, 1.165) is 10.0 Å². The maximum atomic E-state index is 12.3. The molecule has 0 radical (unpaired) electrons. The molecule has 2 aromatic rings. The fourth-order valence-corrected chi connectivity index (χ4v) is 2.69. The summed E-state index contributed by atoms with van der Waals surface area (Å²) >= 11 is 3.33. The zero-order valence-electron chi connectivity index (χ0n) is 13.4. The predicted molar refractivity (Wildman–Crippen MR) is 94.5 cm³/mol. The number of rotatable bonds is 6. The van der Waals surface area contributed by atoms with E-state index < -0.39 is 23.9 Å². The van der Waals surface area contributed by atoms with E-state index in [9.17, 15) is 19.5 Å². The van der Waals surface area contributed by atoms with Crippen LogP contribution in [-0.4, -0.2) is 36.1 Å². The molecular weight excluding hydrogens is 390 g/mol. The van der Waals surface area contributed by atoms with Gasteiger partial charge in [0, 0.05) is 16.5 Å². The zero-order chi connectivity index (χ0) is 18.4. The number of hydrogen-bond acceptors (Lipinski definition) is 4. The Morgan fingerprint density at radius 1 is 1.12 bits per heavy atom. The SMILES string of the molecule is COC(=O)c1cccc(C(=O)N[C@@H](Cc2cccc(Br)c2)C(=O)O)c1. The third kappa shape index (κ3) is 5.15. The highest BCUT2D eigenvalue weighted by Crippen LogP contribution is 2.14. The molecular formula is C18H16BrNO5. The van der Waals surface area contributed by atoms with Crippen LogP contribution in [0.25, 0.3) is 0 Å². The van der Waals surface area contributed by atoms with Gasteiger partial charge in [0.15, 0.2) is 0 Å². The van der Waals surface area contributed by atoms with E-state index in [-0.39, 0.29) is 17.5 Å². The average molecular weight is 406 g/mol. The fourth-order valence-electron chi connectivity index (χ4n) is 2.25. The fraction of sp³-hybridized carbons (Fsp3) is 0.167. The van der Waals surface area contributed by atoms with Crippen LogP contribution in [-0.2, 0) is 16.0 Å². The van der Waals surface area contributed by atoms with Crippen LogP contribution in [0.4, 0.5) is 0 Å². The second-order valence-corrected chi connectivity index (χ2v) is 6.19. The summed E-state index contributed by atoms with van der Waals surface area (Å²) in [5, 5.41) is 11.9. The lowest BCUT2D eigenvalue weighted by atomic mass is 10.0. The number of esters is 1. The number of benzene rings is 2. The summed E-state index contributed by atoms with van der Waals surface area (Å²) < 4.78 is 5.44. The first-order valence-electron chi connectivity index (χ1n) is 7.37. The van der Waals surface area contributed by atoms with E-state index >= 15 is 0 Å². The lowest BCUT2D eigenvalue weighted by Crippen LogP contribution is -2.42. The third-order valence-corrected chi connectivity index (χ3v) is 3.97. The molecule has 0 heterocycles. The molecule has 130 valence electrons. The van der Waals surface area contributed by atoms with Gasteiger partial charge >= 0.3 is 11.9 Å². The highest BCUT2D eigenvalue weighted by molar-refractivity contribution is 9.10. The van der Waals surface area contributed by atoms with Crippen LogP contribution in [0.15, 0.2) is 53.0 Å². The minimum absolute atomic E-state index is 0.136. The van der Waals surface area contributed by atoms with Crippen LogP contribution >= 0.6 is 15.9 Å². The number of nitrogens with one attached hydrogen (secondary N) is 1. The van der Waals surface area contributed by atoms with Gasteiger partial charge in [-0.05, 0) is 35.9 Å². The number of halogens is 1. The minimum atomic E-state index is -1.14. The molecule has 0 spiro atoms. The molecule has 7 heteroatoms. The molecule has 0 aliphatic carbocycles. The van der Waals surface area contributed by atoms with Crippen LogP contribution < -0.4 is 5.32 Å². The van der Waals surface area contributed by atoms with Gasteiger partial charge in [-0.15, -0.1) is 0 Å². The van der Waals surface area contributed by atoms with Crippen molar-refractivity contribution >= 4 is 33.8 Å². The lowest BCUT2D eigenvalue weighted by Gasteiger charge is -2.15. The second kappa shape index (κ2) is 8.43. The van der Waals surface area contributed by atoms with Crippen molar-refractivity contribution in [3.8, 4) is 0 Å². The number of ether oxygens (including phenoxy) is 1. The Balaban J connectivity index is 2.15. The minimum Gasteiger partial charge on any atom is -0.480 e. The number of methoxy groups -OCH3 is 1. The van der Waals surface area contributed by atoms with Gasteiger partial charge in [0.25, 0.3) is 5.91 Å². The van der Waals surface area contributed by atoms with Crippen molar-refractivity contribution in [1.82, 2.24) is 5.32 Å². The van der Waals surface area contributed by atoms with E-state index in [1.54, 1.807) is 18.2 Å². The number of amides is 1. The molecule has 2 rings (SSSR count). The molecule has 0 saturated carbocycles. The quantitative estimate of drug-likeness (QED) is 0.720. The molecule has 0 aliphatic heterocycles. The van der Waals surface area contributed by atoms with Crippen molar-refractivity contribution in [2.75, 3.05) is 7.11 Å². The zero-order valence-corrected chi connectivity index (χ0v) is 14.9. The Hall–Kier alpha value is -2.67. The summed E-state index contributed by atoms with van der Waals surface area (Å²) in [5.41, 5.74) is 1.17. The Morgan fingerprint density at radius 3 is 2.44 bits per heavy atom. The maximum Gasteiger partial charge on any atom is 0.337 e. The maximum absolute atomic E-state index is 12.3. The van der Waals surface area contributed by atoms with Crippen LogP contribution in [0.2, 0.25) is 0 Å². The number of carboxylic acid groups (broad SMARTS) is 1. The van der Waals surface area contributed by atoms with Crippen LogP contribution in [0.3, 0.4) is 0 Å². The van der Waals surface area contributed by atoms with E-state index in [2.05, 4.69) is 26.0 Å². The molecule has 0 aromatic heterocycles. The highest BCUT2D eigenvalue weighted by Gasteiger charge is 2.21. The van der Waals surface area contributed by atoms with Gasteiger partial charge in [-0.2, -0.15) is 0 Å². The van der Waals surface area contributed by atoms with Gasteiger partial charge in [-0.1, -0.05) is 34.1 Å². The monoisotopic (exact) mass is 405 g/mol. The highest BCUT2D eigenvalue weighted by atomic mass is 79.9. The standard InChI is InChI=1S/C18H16BrNO5/c1-25-18(24)13-6-3-5-12(10-13)16(21)20-15(17(22)23)9-11-4-2-7-14(19)8-11/h2-8,10,15H,9H2,1H3,(H,20,21)(H,22,23)/t15-/m0/s1. The number of hydrogen-bond donors (Lipinski definition) is 2. The topological polar surface area (TPSA) is 92.7 Å². The number of carbonyl (C=O) groups excluding carboxylic acids is 2. The lowest BCUT2D eigenvalue weighted by molar-refractivity contribution is -0.139. The average Bonchev–Trinajstić information content (AvgIpc) is 2.60. The molecule has 0 saturated heterocycles. The normalized spacial score (nSPS) is 11.4. The van der Waals surface area contributed by atoms with E-state index in [1.807, 2.05) is 6.07 Å². The number of carboxylic acids is 1. The second-order valence-electron chi connectivity index (χ2n) is 5.27. The first-order valence-corrected chi connectivity index (χ1v) is 8.16. The molecule has 0 unspecified atom stereocenters. The Kier molecular flexibility index (Phi) is 6.30. The summed E-state index contributed by atoms with van der Waals surface area (Å²) in [4.78, 5) is 35.4. The summed E-state index contributed by atoms with van der Waals surface area (Å²) in [7, 11) is 1.24. The molecule has 0 fully saturated rings. The first kappa shape index (κ1) is 18.7. The van der Waals surface area contributed by atoms with E-state index in [4.69, 9.17) is 0 Å². The molecule has 0 aliphatic rings. The van der Waals surface area contributed by atoms with Crippen molar-refractivity contribution in [3.63, 3.8) is 0 Å². The van der Waals surface area contributed by atoms with Gasteiger partial charge < -0.3 is 15.2 Å². The number of aliphatic carboxylic acids is 1. The molecule has 0 bridgehead atoms. The number of carbonyl (C=O) groups is 3. The molecule has 6 nitrogen and oxygen atoms in total. The Bertz CT molecular complexity index is 806. The summed E-state index contributed by atoms with van der Waals surface area (Å²) in [6.07, 6.45) is 0.136. The van der Waals surface area contributed by atoms with Gasteiger partial charge in [0.05, 0.1) is 12.7 Å². The van der Waals surface area contributed by atoms with Crippen molar-refractivity contribution < 1.29 is 24.2 Å². The first-order chi connectivity index (χ1) is 11.9. The molecule has 25 heavy (non-hydrogen) atoms. The summed E-state index contributed by atoms with van der Waals surface area (Å²) in [5.74, 6) is -2.29. The third-order valence-electron chi connectivity index (χ3n) is 3.48. The molecule has 2 aromatic carbocycles. The van der Waals surface area contributed by atoms with E-state index in [1.165, 1.54) is 31.4 Å². The van der Waals surface area contributed by atoms with E-state index in [0.29, 0.717) is 0 Å². The molecule has 1 atom stereocenters. The van der Waals surface area contributed by atoms with Gasteiger partial charge in [0.1, 0.15) is 6.04 Å². The van der Waals surface area contributed by atoms with Crippen LogP contribution in [0.1, 0.15) is 26.3 Å². The van der Waals surface area contributed by atoms with Gasteiger partial charge in [-0.3, -0.25) is 4.79 Å². The molecule has 1 amide bonds. The van der Waals surface area contributed by atoms with Crippen LogP contribution in [0, 0.1) is 0 Å². The van der Waals surface area contributed by atoms with Gasteiger partial charge in [0.2, 0.25) is 0 Å².